The van der Waals surface area contributed by atoms with Gasteiger partial charge in [-0.1, -0.05) is 36.8 Å². The fourth-order valence-electron chi connectivity index (χ4n) is 4.47. The van der Waals surface area contributed by atoms with Crippen LogP contribution in [0.2, 0.25) is 0 Å². The number of sulfonamides is 2. The number of piperidine rings is 1. The topological polar surface area (TPSA) is 78.0 Å². The molecule has 7 nitrogen and oxygen atoms in total. The summed E-state index contributed by atoms with van der Waals surface area (Å²) in [5.74, 6) is 0. The second-order valence-electron chi connectivity index (χ2n) is 8.60. The van der Waals surface area contributed by atoms with Crippen molar-refractivity contribution in [3.05, 3.63) is 60.2 Å². The van der Waals surface area contributed by atoms with Crippen molar-refractivity contribution in [3.8, 4) is 0 Å². The molecule has 0 spiro atoms. The highest BCUT2D eigenvalue weighted by Crippen LogP contribution is 2.26. The first-order valence-corrected chi connectivity index (χ1v) is 14.0. The number of hydrogen-bond donors (Lipinski definition) is 0. The van der Waals surface area contributed by atoms with Crippen molar-refractivity contribution in [1.29, 1.82) is 0 Å². The fourth-order valence-corrected chi connectivity index (χ4v) is 7.59. The molecule has 0 amide bonds. The second-order valence-corrected chi connectivity index (χ2v) is 12.4. The monoisotopic (exact) mass is 477 g/mol. The average molecular weight is 478 g/mol. The summed E-state index contributed by atoms with van der Waals surface area (Å²) in [6, 6.07) is 15.8. The molecule has 32 heavy (non-hydrogen) atoms. The molecule has 0 radical (unpaired) electrons. The Labute approximate surface area is 191 Å². The zero-order chi connectivity index (χ0) is 22.8. The number of nitrogens with zero attached hydrogens (tertiary/aromatic N) is 3. The zero-order valence-electron chi connectivity index (χ0n) is 18.4. The quantitative estimate of drug-likeness (QED) is 0.639. The molecule has 1 atom stereocenters. The molecule has 2 aromatic carbocycles. The van der Waals surface area contributed by atoms with Crippen molar-refractivity contribution in [1.82, 2.24) is 13.5 Å². The minimum absolute atomic E-state index is 0.0376. The molecule has 2 aliphatic rings. The van der Waals surface area contributed by atoms with Crippen LogP contribution >= 0.6 is 0 Å². The smallest absolute Gasteiger partial charge is 0.243 e. The summed E-state index contributed by atoms with van der Waals surface area (Å²) in [6.45, 7) is 5.39. The van der Waals surface area contributed by atoms with Gasteiger partial charge in [0.1, 0.15) is 0 Å². The van der Waals surface area contributed by atoms with Gasteiger partial charge in [0.15, 0.2) is 0 Å². The second kappa shape index (κ2) is 9.61. The van der Waals surface area contributed by atoms with Gasteiger partial charge in [0.2, 0.25) is 20.0 Å². The molecule has 9 heteroatoms. The van der Waals surface area contributed by atoms with Crippen LogP contribution in [0.5, 0.6) is 0 Å². The van der Waals surface area contributed by atoms with Crippen molar-refractivity contribution < 1.29 is 16.8 Å². The van der Waals surface area contributed by atoms with E-state index in [0.717, 1.165) is 25.8 Å². The first-order valence-electron chi connectivity index (χ1n) is 11.2. The lowest BCUT2D eigenvalue weighted by Crippen LogP contribution is -2.48. The van der Waals surface area contributed by atoms with Gasteiger partial charge in [-0.3, -0.25) is 4.90 Å². The first kappa shape index (κ1) is 23.4. The Balaban J connectivity index is 1.42. The van der Waals surface area contributed by atoms with Gasteiger partial charge in [-0.25, -0.2) is 16.8 Å². The Morgan fingerprint density at radius 2 is 1.34 bits per heavy atom. The highest BCUT2D eigenvalue weighted by Gasteiger charge is 2.32. The molecule has 2 aromatic rings. The van der Waals surface area contributed by atoms with E-state index in [2.05, 4.69) is 17.0 Å². The highest BCUT2D eigenvalue weighted by atomic mass is 32.2. The van der Waals surface area contributed by atoms with E-state index in [1.54, 1.807) is 0 Å². The Morgan fingerprint density at radius 3 is 1.94 bits per heavy atom. The summed E-state index contributed by atoms with van der Waals surface area (Å²) in [5, 5.41) is 0. The summed E-state index contributed by atoms with van der Waals surface area (Å²) in [4.78, 5) is 2.54. The van der Waals surface area contributed by atoms with Crippen LogP contribution < -0.4 is 0 Å². The van der Waals surface area contributed by atoms with Crippen LogP contribution in [0.25, 0.3) is 0 Å². The van der Waals surface area contributed by atoms with Crippen LogP contribution in [-0.2, 0) is 26.6 Å². The molecule has 2 fully saturated rings. The maximum atomic E-state index is 13.1. The normalized spacial score (nSPS) is 22.1. The summed E-state index contributed by atoms with van der Waals surface area (Å²) >= 11 is 0. The number of benzene rings is 2. The van der Waals surface area contributed by atoms with E-state index in [1.165, 1.54) is 38.4 Å². The summed E-state index contributed by atoms with van der Waals surface area (Å²) in [7, 11) is -7.28. The summed E-state index contributed by atoms with van der Waals surface area (Å²) in [6.07, 6.45) is 2.73. The number of rotatable bonds is 6. The maximum absolute atomic E-state index is 13.1. The van der Waals surface area contributed by atoms with Crippen molar-refractivity contribution in [2.24, 2.45) is 0 Å². The highest BCUT2D eigenvalue weighted by molar-refractivity contribution is 7.89. The fraction of sp³-hybridized carbons (Fsp3) is 0.478. The van der Waals surface area contributed by atoms with Gasteiger partial charge in [-0.05, 0) is 49.6 Å². The van der Waals surface area contributed by atoms with Gasteiger partial charge in [0.05, 0.1) is 9.79 Å². The van der Waals surface area contributed by atoms with E-state index < -0.39 is 20.0 Å². The van der Waals surface area contributed by atoms with E-state index in [9.17, 15) is 16.8 Å². The third-order valence-corrected chi connectivity index (χ3v) is 10.3. The minimum atomic E-state index is -3.66. The Kier molecular flexibility index (Phi) is 7.02. The molecule has 0 aromatic heterocycles. The van der Waals surface area contributed by atoms with Crippen LogP contribution in [0.4, 0.5) is 0 Å². The predicted molar refractivity (Wildman–Crippen MR) is 124 cm³/mol. The van der Waals surface area contributed by atoms with E-state index in [-0.39, 0.29) is 15.8 Å². The molecule has 0 bridgehead atoms. The van der Waals surface area contributed by atoms with Crippen molar-refractivity contribution in [2.45, 2.75) is 48.6 Å². The molecule has 0 aliphatic carbocycles. The first-order chi connectivity index (χ1) is 15.3. The Morgan fingerprint density at radius 1 is 0.750 bits per heavy atom. The number of hydrogen-bond acceptors (Lipinski definition) is 5. The van der Waals surface area contributed by atoms with E-state index in [1.807, 2.05) is 25.1 Å². The van der Waals surface area contributed by atoms with Crippen LogP contribution in [0.3, 0.4) is 0 Å². The predicted octanol–water partition coefficient (Wildman–Crippen LogP) is 2.76. The van der Waals surface area contributed by atoms with E-state index in [4.69, 9.17) is 0 Å². The zero-order valence-corrected chi connectivity index (χ0v) is 20.1. The van der Waals surface area contributed by atoms with Crippen LogP contribution in [0, 0.1) is 0 Å². The molecular formula is C23H31N3O4S2. The maximum Gasteiger partial charge on any atom is 0.243 e. The molecule has 2 saturated heterocycles. The largest absolute Gasteiger partial charge is 0.296 e. The third-order valence-electron chi connectivity index (χ3n) is 6.39. The Hall–Kier alpha value is -1.78. The summed E-state index contributed by atoms with van der Waals surface area (Å²) in [5.41, 5.74) is 1.21. The van der Waals surface area contributed by atoms with Gasteiger partial charge in [0, 0.05) is 45.3 Å². The molecule has 0 N–H and O–H groups in total. The third kappa shape index (κ3) is 4.92. The van der Waals surface area contributed by atoms with Crippen molar-refractivity contribution in [3.63, 3.8) is 0 Å². The number of piperazine rings is 1. The van der Waals surface area contributed by atoms with Gasteiger partial charge in [-0.15, -0.1) is 0 Å². The van der Waals surface area contributed by atoms with Crippen molar-refractivity contribution >= 4 is 20.0 Å². The van der Waals surface area contributed by atoms with Gasteiger partial charge in [0.25, 0.3) is 0 Å². The lowest BCUT2D eigenvalue weighted by Gasteiger charge is -2.34. The molecule has 174 valence electrons. The molecule has 0 saturated carbocycles. The summed E-state index contributed by atoms with van der Waals surface area (Å²) < 4.78 is 55.3. The van der Waals surface area contributed by atoms with E-state index >= 15 is 0 Å². The molecule has 4 rings (SSSR count). The average Bonchev–Trinajstić information content (AvgIpc) is 2.80. The molecule has 2 aliphatic heterocycles. The molecule has 2 heterocycles. The Bertz CT molecular complexity index is 1110. The molecule has 0 unspecified atom stereocenters. The van der Waals surface area contributed by atoms with Gasteiger partial charge >= 0.3 is 0 Å². The SMILES string of the molecule is C[C@@H]1CCCCN1S(=O)(=O)c1ccc(S(=O)(=O)N2CCN(Cc3ccccc3)CC2)cc1. The lowest BCUT2D eigenvalue weighted by atomic mass is 10.1. The molecular weight excluding hydrogens is 446 g/mol. The van der Waals surface area contributed by atoms with Crippen LogP contribution in [0.1, 0.15) is 31.7 Å². The lowest BCUT2D eigenvalue weighted by molar-refractivity contribution is 0.181. The van der Waals surface area contributed by atoms with Crippen LogP contribution in [-0.4, -0.2) is 69.1 Å². The van der Waals surface area contributed by atoms with E-state index in [0.29, 0.717) is 32.7 Å². The van der Waals surface area contributed by atoms with Crippen LogP contribution in [0.15, 0.2) is 64.4 Å². The minimum Gasteiger partial charge on any atom is -0.296 e. The van der Waals surface area contributed by atoms with Gasteiger partial charge < -0.3 is 0 Å². The van der Waals surface area contributed by atoms with Crippen molar-refractivity contribution in [2.75, 3.05) is 32.7 Å². The standard InChI is InChI=1S/C23H31N3O4S2/c1-20-7-5-6-14-26(20)32(29,30)23-12-10-22(11-13-23)31(27,28)25-17-15-24(16-18-25)19-21-8-3-2-4-9-21/h2-4,8-13,20H,5-7,14-19H2,1H3/t20-/m1/s1. The van der Waals surface area contributed by atoms with Gasteiger partial charge in [-0.2, -0.15) is 8.61 Å².